The van der Waals surface area contributed by atoms with Gasteiger partial charge in [0.15, 0.2) is 12.4 Å². The van der Waals surface area contributed by atoms with E-state index in [-0.39, 0.29) is 33.2 Å². The van der Waals surface area contributed by atoms with Gasteiger partial charge in [-0.2, -0.15) is 0 Å². The van der Waals surface area contributed by atoms with Crippen LogP contribution in [0.5, 0.6) is 5.75 Å². The second kappa shape index (κ2) is 6.39. The fraction of sp³-hybridized carbons (Fsp3) is 0.417. The Balaban J connectivity index is 2.01. The molecule has 0 radical (unpaired) electrons. The first-order valence-corrected chi connectivity index (χ1v) is 8.49. The average Bonchev–Trinajstić information content (AvgIpc) is 3.18. The van der Waals surface area contributed by atoms with Gasteiger partial charge in [-0.05, 0) is 30.9 Å². The number of ether oxygens (including phenoxy) is 1. The van der Waals surface area contributed by atoms with Gasteiger partial charge in [-0.3, -0.25) is 4.79 Å². The lowest BCUT2D eigenvalue weighted by molar-refractivity contribution is -0.123. The molecular formula is C12H14Cl2N2O4S. The van der Waals surface area contributed by atoms with Gasteiger partial charge in [0, 0.05) is 6.54 Å². The van der Waals surface area contributed by atoms with Gasteiger partial charge in [0.1, 0.15) is 0 Å². The van der Waals surface area contributed by atoms with Crippen molar-refractivity contribution in [2.24, 2.45) is 11.1 Å². The number of halogens is 2. The molecule has 0 bridgehead atoms. The van der Waals surface area contributed by atoms with Crippen molar-refractivity contribution in [2.45, 2.75) is 17.7 Å². The molecule has 2 rings (SSSR count). The van der Waals surface area contributed by atoms with Crippen molar-refractivity contribution in [3.05, 3.63) is 22.2 Å². The first-order valence-electron chi connectivity index (χ1n) is 6.18. The predicted molar refractivity (Wildman–Crippen MR) is 79.1 cm³/mol. The third-order valence-electron chi connectivity index (χ3n) is 2.93. The number of sulfonamides is 1. The van der Waals surface area contributed by atoms with Crippen LogP contribution in [0, 0.1) is 5.92 Å². The molecule has 3 N–H and O–H groups in total. The molecule has 1 aliphatic carbocycles. The largest absolute Gasteiger partial charge is 0.481 e. The molecule has 0 unspecified atom stereocenters. The van der Waals surface area contributed by atoms with Crippen molar-refractivity contribution >= 4 is 39.1 Å². The molecule has 116 valence electrons. The molecule has 0 aliphatic heterocycles. The molecular weight excluding hydrogens is 339 g/mol. The number of nitrogens with one attached hydrogen (secondary N) is 1. The molecule has 1 fully saturated rings. The van der Waals surface area contributed by atoms with E-state index >= 15 is 0 Å². The van der Waals surface area contributed by atoms with Gasteiger partial charge in [0.05, 0.1) is 14.9 Å². The topological polar surface area (TPSA) is 98.5 Å². The number of hydrogen-bond donors (Lipinski definition) is 2. The number of primary sulfonamides is 1. The Hall–Kier alpha value is -1.02. The fourth-order valence-corrected chi connectivity index (χ4v) is 2.90. The van der Waals surface area contributed by atoms with Gasteiger partial charge in [-0.1, -0.05) is 23.2 Å². The molecule has 0 heterocycles. The van der Waals surface area contributed by atoms with E-state index < -0.39 is 10.0 Å². The number of carbonyl (C=O) groups excluding carboxylic acids is 1. The van der Waals surface area contributed by atoms with E-state index in [0.29, 0.717) is 12.5 Å². The maximum Gasteiger partial charge on any atom is 0.257 e. The zero-order valence-electron chi connectivity index (χ0n) is 10.9. The lowest BCUT2D eigenvalue weighted by Crippen LogP contribution is -2.30. The van der Waals surface area contributed by atoms with Crippen LogP contribution in [-0.2, 0) is 14.8 Å². The molecule has 0 spiro atoms. The van der Waals surface area contributed by atoms with E-state index in [1.165, 1.54) is 0 Å². The summed E-state index contributed by atoms with van der Waals surface area (Å²) in [7, 11) is -3.91. The van der Waals surface area contributed by atoms with Crippen molar-refractivity contribution in [1.82, 2.24) is 5.32 Å². The summed E-state index contributed by atoms with van der Waals surface area (Å²) in [5.41, 5.74) is 0. The van der Waals surface area contributed by atoms with Gasteiger partial charge < -0.3 is 10.1 Å². The summed E-state index contributed by atoms with van der Waals surface area (Å²) in [6, 6.07) is 2.25. The molecule has 0 saturated heterocycles. The van der Waals surface area contributed by atoms with Crippen molar-refractivity contribution in [3.8, 4) is 5.75 Å². The molecule has 1 amide bonds. The minimum Gasteiger partial charge on any atom is -0.481 e. The van der Waals surface area contributed by atoms with Crippen LogP contribution in [0.4, 0.5) is 0 Å². The second-order valence-corrected chi connectivity index (χ2v) is 7.17. The van der Waals surface area contributed by atoms with Crippen LogP contribution in [0.1, 0.15) is 12.8 Å². The molecule has 9 heteroatoms. The van der Waals surface area contributed by atoms with Crippen LogP contribution in [0.2, 0.25) is 10.0 Å². The summed E-state index contributed by atoms with van der Waals surface area (Å²) in [5.74, 6) is 0.326. The predicted octanol–water partition coefficient (Wildman–Crippen LogP) is 1.55. The number of nitrogens with two attached hydrogens (primary N) is 1. The molecule has 21 heavy (non-hydrogen) atoms. The Bertz CT molecular complexity index is 636. The molecule has 1 saturated carbocycles. The second-order valence-electron chi connectivity index (χ2n) is 4.80. The van der Waals surface area contributed by atoms with Crippen LogP contribution in [0.25, 0.3) is 0 Å². The van der Waals surface area contributed by atoms with Crippen molar-refractivity contribution in [2.75, 3.05) is 13.2 Å². The smallest absolute Gasteiger partial charge is 0.257 e. The average molecular weight is 353 g/mol. The van der Waals surface area contributed by atoms with Gasteiger partial charge in [-0.25, -0.2) is 13.6 Å². The van der Waals surface area contributed by atoms with Gasteiger partial charge in [-0.15, -0.1) is 0 Å². The van der Waals surface area contributed by atoms with E-state index in [2.05, 4.69) is 5.32 Å². The Labute approximate surface area is 132 Å². The first-order chi connectivity index (χ1) is 9.77. The fourth-order valence-electron chi connectivity index (χ4n) is 1.61. The Kier molecular flexibility index (Phi) is 4.98. The maximum absolute atomic E-state index is 11.6. The zero-order chi connectivity index (χ0) is 15.6. The number of rotatable bonds is 6. The van der Waals surface area contributed by atoms with Crippen LogP contribution in [0.3, 0.4) is 0 Å². The van der Waals surface area contributed by atoms with Crippen LogP contribution >= 0.6 is 23.2 Å². The molecule has 6 nitrogen and oxygen atoms in total. The van der Waals surface area contributed by atoms with Crippen molar-refractivity contribution < 1.29 is 17.9 Å². The lowest BCUT2D eigenvalue weighted by atomic mass is 10.3. The number of benzene rings is 1. The Morgan fingerprint density at radius 3 is 2.38 bits per heavy atom. The van der Waals surface area contributed by atoms with E-state index in [0.717, 1.165) is 25.0 Å². The highest BCUT2D eigenvalue weighted by atomic mass is 35.5. The summed E-state index contributed by atoms with van der Waals surface area (Å²) in [4.78, 5) is 11.3. The minimum absolute atomic E-state index is 0.0264. The van der Waals surface area contributed by atoms with Crippen LogP contribution in [-0.4, -0.2) is 27.5 Å². The Morgan fingerprint density at radius 1 is 1.33 bits per heavy atom. The first kappa shape index (κ1) is 16.4. The number of amides is 1. The normalized spacial score (nSPS) is 14.8. The highest BCUT2D eigenvalue weighted by molar-refractivity contribution is 7.89. The molecule has 0 atom stereocenters. The molecule has 1 aromatic rings. The summed E-state index contributed by atoms with van der Waals surface area (Å²) < 4.78 is 27.7. The minimum atomic E-state index is -3.91. The van der Waals surface area contributed by atoms with E-state index in [4.69, 9.17) is 33.1 Å². The zero-order valence-corrected chi connectivity index (χ0v) is 13.3. The van der Waals surface area contributed by atoms with Crippen molar-refractivity contribution in [3.63, 3.8) is 0 Å². The third kappa shape index (κ3) is 4.74. The SMILES string of the molecule is NS(=O)(=O)c1cc(Cl)c(OCC(=O)NCC2CC2)c(Cl)c1. The summed E-state index contributed by atoms with van der Waals surface area (Å²) in [6.07, 6.45) is 2.27. The number of carbonyl (C=O) groups is 1. The quantitative estimate of drug-likeness (QED) is 0.811. The monoisotopic (exact) mass is 352 g/mol. The van der Waals surface area contributed by atoms with E-state index in [9.17, 15) is 13.2 Å². The summed E-state index contributed by atoms with van der Waals surface area (Å²) in [6.45, 7) is 0.384. The summed E-state index contributed by atoms with van der Waals surface area (Å²) in [5, 5.41) is 7.66. The molecule has 0 aromatic heterocycles. The Morgan fingerprint density at radius 2 is 1.90 bits per heavy atom. The summed E-state index contributed by atoms with van der Waals surface area (Å²) >= 11 is 11.8. The van der Waals surface area contributed by atoms with Crippen LogP contribution < -0.4 is 15.2 Å². The lowest BCUT2D eigenvalue weighted by Gasteiger charge is -2.11. The maximum atomic E-state index is 11.6. The third-order valence-corrected chi connectivity index (χ3v) is 4.39. The highest BCUT2D eigenvalue weighted by Gasteiger charge is 2.22. The van der Waals surface area contributed by atoms with Crippen molar-refractivity contribution in [1.29, 1.82) is 0 Å². The van der Waals surface area contributed by atoms with E-state index in [1.807, 2.05) is 0 Å². The van der Waals surface area contributed by atoms with E-state index in [1.54, 1.807) is 0 Å². The van der Waals surface area contributed by atoms with Gasteiger partial charge in [0.2, 0.25) is 10.0 Å². The molecule has 1 aliphatic rings. The standard InChI is InChI=1S/C12H14Cl2N2O4S/c13-9-3-8(21(15,18)19)4-10(14)12(9)20-6-11(17)16-5-7-1-2-7/h3-4,7H,1-2,5-6H2,(H,16,17)(H2,15,18,19). The highest BCUT2D eigenvalue weighted by Crippen LogP contribution is 2.35. The number of hydrogen-bond acceptors (Lipinski definition) is 4. The van der Waals surface area contributed by atoms with Crippen LogP contribution in [0.15, 0.2) is 17.0 Å². The van der Waals surface area contributed by atoms with Gasteiger partial charge >= 0.3 is 0 Å². The van der Waals surface area contributed by atoms with Gasteiger partial charge in [0.25, 0.3) is 5.91 Å². The molecule has 1 aromatic carbocycles.